The first-order valence-corrected chi connectivity index (χ1v) is 4.89. The molecular formula is C11H18N2O. The van der Waals surface area contributed by atoms with Gasteiger partial charge in [0, 0.05) is 13.1 Å². The molecule has 0 saturated carbocycles. The van der Waals surface area contributed by atoms with Crippen LogP contribution in [-0.2, 0) is 0 Å². The molecule has 78 valence electrons. The minimum absolute atomic E-state index is 0.131. The van der Waals surface area contributed by atoms with E-state index in [-0.39, 0.29) is 5.60 Å². The Hall–Kier alpha value is -1.25. The van der Waals surface area contributed by atoms with Crippen LogP contribution in [0.3, 0.4) is 0 Å². The maximum atomic E-state index is 5.79. The summed E-state index contributed by atoms with van der Waals surface area (Å²) in [6.45, 7) is 6.24. The second-order valence-corrected chi connectivity index (χ2v) is 3.87. The molecule has 0 aliphatic heterocycles. The van der Waals surface area contributed by atoms with E-state index in [0.29, 0.717) is 0 Å². The van der Waals surface area contributed by atoms with Crippen molar-refractivity contribution in [1.82, 2.24) is 4.98 Å². The molecule has 0 aliphatic rings. The van der Waals surface area contributed by atoms with Crippen molar-refractivity contribution in [1.29, 1.82) is 0 Å². The maximum Gasteiger partial charge on any atom is 0.140 e. The second kappa shape index (κ2) is 4.31. The smallest absolute Gasteiger partial charge is 0.140 e. The largest absolute Gasteiger partial charge is 0.486 e. The van der Waals surface area contributed by atoms with E-state index in [9.17, 15) is 0 Å². The Morgan fingerprint density at radius 3 is 2.71 bits per heavy atom. The van der Waals surface area contributed by atoms with Gasteiger partial charge in [-0.05, 0) is 20.3 Å². The highest BCUT2D eigenvalue weighted by atomic mass is 16.5. The van der Waals surface area contributed by atoms with Crippen LogP contribution in [0.5, 0.6) is 5.75 Å². The van der Waals surface area contributed by atoms with Crippen molar-refractivity contribution < 1.29 is 4.74 Å². The highest BCUT2D eigenvalue weighted by molar-refractivity contribution is 5.44. The van der Waals surface area contributed by atoms with Crippen LogP contribution in [0.4, 0.5) is 5.69 Å². The number of rotatable bonds is 4. The predicted molar refractivity (Wildman–Crippen MR) is 58.8 cm³/mol. The predicted octanol–water partition coefficient (Wildman–Crippen LogP) is 2.69. The number of nitrogens with zero attached hydrogens (tertiary/aromatic N) is 1. The van der Waals surface area contributed by atoms with Crippen LogP contribution < -0.4 is 10.1 Å². The first-order chi connectivity index (χ1) is 6.57. The van der Waals surface area contributed by atoms with Crippen LogP contribution in [0.15, 0.2) is 18.5 Å². The molecule has 14 heavy (non-hydrogen) atoms. The molecule has 0 spiro atoms. The van der Waals surface area contributed by atoms with Gasteiger partial charge >= 0.3 is 0 Å². The summed E-state index contributed by atoms with van der Waals surface area (Å²) in [5.41, 5.74) is 0.836. The van der Waals surface area contributed by atoms with Gasteiger partial charge in [-0.25, -0.2) is 0 Å². The number of aromatic nitrogens is 1. The summed E-state index contributed by atoms with van der Waals surface area (Å²) >= 11 is 0. The molecule has 1 aromatic rings. The zero-order valence-corrected chi connectivity index (χ0v) is 9.29. The Labute approximate surface area is 85.5 Å². The van der Waals surface area contributed by atoms with E-state index >= 15 is 0 Å². The molecule has 0 atom stereocenters. The van der Waals surface area contributed by atoms with Gasteiger partial charge in [0.1, 0.15) is 11.4 Å². The van der Waals surface area contributed by atoms with Crippen LogP contribution in [-0.4, -0.2) is 17.6 Å². The van der Waals surface area contributed by atoms with Crippen molar-refractivity contribution in [2.24, 2.45) is 0 Å². The summed E-state index contributed by atoms with van der Waals surface area (Å²) in [5, 5.41) is 3.03. The molecule has 3 nitrogen and oxygen atoms in total. The van der Waals surface area contributed by atoms with Gasteiger partial charge in [-0.15, -0.1) is 0 Å². The molecule has 1 rings (SSSR count). The minimum Gasteiger partial charge on any atom is -0.486 e. The van der Waals surface area contributed by atoms with Gasteiger partial charge in [-0.1, -0.05) is 6.92 Å². The standard InChI is InChI=1S/C11H18N2O/c1-5-11(2,3)14-10-6-9(12-4)7-13-8-10/h6-8,12H,5H2,1-4H3. The van der Waals surface area contributed by atoms with E-state index in [1.807, 2.05) is 13.1 Å². The third-order valence-electron chi connectivity index (χ3n) is 2.25. The van der Waals surface area contributed by atoms with Gasteiger partial charge in [0.25, 0.3) is 0 Å². The molecule has 0 fully saturated rings. The fraction of sp³-hybridized carbons (Fsp3) is 0.545. The molecule has 0 aromatic carbocycles. The Balaban J connectivity index is 2.76. The van der Waals surface area contributed by atoms with Crippen molar-refractivity contribution in [3.05, 3.63) is 18.5 Å². The van der Waals surface area contributed by atoms with Crippen LogP contribution in [0.25, 0.3) is 0 Å². The number of pyridine rings is 1. The minimum atomic E-state index is -0.131. The first-order valence-electron chi connectivity index (χ1n) is 4.89. The fourth-order valence-electron chi connectivity index (χ4n) is 1.00. The third-order valence-corrected chi connectivity index (χ3v) is 2.25. The molecule has 1 heterocycles. The quantitative estimate of drug-likeness (QED) is 0.800. The lowest BCUT2D eigenvalue weighted by Crippen LogP contribution is -2.26. The molecular weight excluding hydrogens is 176 g/mol. The van der Waals surface area contributed by atoms with Gasteiger partial charge in [-0.2, -0.15) is 0 Å². The van der Waals surface area contributed by atoms with Gasteiger partial charge in [-0.3, -0.25) is 4.98 Å². The van der Waals surface area contributed by atoms with Gasteiger partial charge < -0.3 is 10.1 Å². The second-order valence-electron chi connectivity index (χ2n) is 3.87. The molecule has 0 aliphatic carbocycles. The molecule has 0 unspecified atom stereocenters. The summed E-state index contributed by atoms with van der Waals surface area (Å²) in [7, 11) is 1.87. The maximum absolute atomic E-state index is 5.79. The number of hydrogen-bond acceptors (Lipinski definition) is 3. The van der Waals surface area contributed by atoms with E-state index in [4.69, 9.17) is 4.74 Å². The molecule has 0 saturated heterocycles. The Morgan fingerprint density at radius 2 is 2.14 bits per heavy atom. The zero-order chi connectivity index (χ0) is 10.6. The summed E-state index contributed by atoms with van der Waals surface area (Å²) in [6.07, 6.45) is 4.47. The van der Waals surface area contributed by atoms with Gasteiger partial charge in [0.15, 0.2) is 0 Å². The summed E-state index contributed by atoms with van der Waals surface area (Å²) in [6, 6.07) is 1.95. The lowest BCUT2D eigenvalue weighted by Gasteiger charge is -2.24. The monoisotopic (exact) mass is 194 g/mol. The Morgan fingerprint density at radius 1 is 1.43 bits per heavy atom. The van der Waals surface area contributed by atoms with E-state index in [1.54, 1.807) is 12.4 Å². The zero-order valence-electron chi connectivity index (χ0n) is 9.29. The fourth-order valence-corrected chi connectivity index (χ4v) is 1.00. The van der Waals surface area contributed by atoms with Crippen molar-refractivity contribution in [3.8, 4) is 5.75 Å². The molecule has 0 amide bonds. The Kier molecular flexibility index (Phi) is 3.33. The van der Waals surface area contributed by atoms with E-state index in [0.717, 1.165) is 17.9 Å². The summed E-state index contributed by atoms with van der Waals surface area (Å²) in [4.78, 5) is 4.09. The highest BCUT2D eigenvalue weighted by Crippen LogP contribution is 2.22. The molecule has 0 bridgehead atoms. The van der Waals surface area contributed by atoms with E-state index < -0.39 is 0 Å². The van der Waals surface area contributed by atoms with Crippen LogP contribution in [0, 0.1) is 0 Å². The van der Waals surface area contributed by atoms with E-state index in [2.05, 4.69) is 31.1 Å². The Bertz CT molecular complexity index is 297. The highest BCUT2D eigenvalue weighted by Gasteiger charge is 2.16. The lowest BCUT2D eigenvalue weighted by molar-refractivity contribution is 0.105. The molecule has 0 radical (unpaired) electrons. The van der Waals surface area contributed by atoms with Crippen molar-refractivity contribution in [2.45, 2.75) is 32.8 Å². The topological polar surface area (TPSA) is 34.1 Å². The summed E-state index contributed by atoms with van der Waals surface area (Å²) < 4.78 is 5.79. The van der Waals surface area contributed by atoms with Crippen molar-refractivity contribution in [3.63, 3.8) is 0 Å². The lowest BCUT2D eigenvalue weighted by atomic mass is 10.1. The van der Waals surface area contributed by atoms with Gasteiger partial charge in [0.05, 0.1) is 18.1 Å². The SMILES string of the molecule is CCC(C)(C)Oc1cncc(NC)c1. The number of ether oxygens (including phenoxy) is 1. The normalized spacial score (nSPS) is 11.1. The van der Waals surface area contributed by atoms with Crippen LogP contribution >= 0.6 is 0 Å². The molecule has 3 heteroatoms. The average Bonchev–Trinajstić information content (AvgIpc) is 2.17. The van der Waals surface area contributed by atoms with Gasteiger partial charge in [0.2, 0.25) is 0 Å². The molecule has 1 aromatic heterocycles. The van der Waals surface area contributed by atoms with E-state index in [1.165, 1.54) is 0 Å². The third kappa shape index (κ3) is 2.91. The van der Waals surface area contributed by atoms with Crippen LogP contribution in [0.2, 0.25) is 0 Å². The number of nitrogens with one attached hydrogen (secondary N) is 1. The molecule has 1 N–H and O–H groups in total. The average molecular weight is 194 g/mol. The first kappa shape index (κ1) is 10.8. The van der Waals surface area contributed by atoms with Crippen LogP contribution in [0.1, 0.15) is 27.2 Å². The number of anilines is 1. The number of hydrogen-bond donors (Lipinski definition) is 1. The summed E-state index contributed by atoms with van der Waals surface area (Å²) in [5.74, 6) is 0.809. The van der Waals surface area contributed by atoms with Crippen molar-refractivity contribution >= 4 is 5.69 Å². The van der Waals surface area contributed by atoms with Crippen molar-refractivity contribution in [2.75, 3.05) is 12.4 Å².